The van der Waals surface area contributed by atoms with Gasteiger partial charge in [-0.15, -0.1) is 0 Å². The molecule has 0 saturated carbocycles. The van der Waals surface area contributed by atoms with Gasteiger partial charge in [0.15, 0.2) is 6.10 Å². The van der Waals surface area contributed by atoms with Crippen molar-refractivity contribution in [3.63, 3.8) is 0 Å². The standard InChI is InChI=1S/C12H15FO4/c1-3-11(12(15)16)17-8-4-5-9(7(2)14)10(13)6-8/h4-7,11,14H,3H2,1-2H3,(H,15,16)/t7-,11?/m0/s1. The molecule has 0 bridgehead atoms. The van der Waals surface area contributed by atoms with E-state index >= 15 is 0 Å². The van der Waals surface area contributed by atoms with Crippen LogP contribution < -0.4 is 4.74 Å². The predicted molar refractivity (Wildman–Crippen MR) is 59.4 cm³/mol. The van der Waals surface area contributed by atoms with Gasteiger partial charge in [0.1, 0.15) is 11.6 Å². The summed E-state index contributed by atoms with van der Waals surface area (Å²) in [5.41, 5.74) is 0.153. The minimum absolute atomic E-state index is 0.140. The van der Waals surface area contributed by atoms with E-state index in [-0.39, 0.29) is 17.7 Å². The lowest BCUT2D eigenvalue weighted by Crippen LogP contribution is -2.25. The molecule has 0 amide bonds. The molecule has 0 spiro atoms. The summed E-state index contributed by atoms with van der Waals surface area (Å²) in [6.07, 6.45) is -1.62. The average Bonchev–Trinajstić information content (AvgIpc) is 2.24. The monoisotopic (exact) mass is 242 g/mol. The Bertz CT molecular complexity index is 403. The molecular weight excluding hydrogens is 227 g/mol. The summed E-state index contributed by atoms with van der Waals surface area (Å²) >= 11 is 0. The molecule has 5 heteroatoms. The van der Waals surface area contributed by atoms with Gasteiger partial charge in [0.05, 0.1) is 6.10 Å². The Labute approximate surface area is 98.7 Å². The zero-order chi connectivity index (χ0) is 13.0. The van der Waals surface area contributed by atoms with E-state index in [0.717, 1.165) is 6.07 Å². The topological polar surface area (TPSA) is 66.8 Å². The number of carboxylic acids is 1. The Balaban J connectivity index is 2.87. The number of hydrogen-bond donors (Lipinski definition) is 2. The largest absolute Gasteiger partial charge is 0.479 e. The third kappa shape index (κ3) is 3.42. The first-order valence-electron chi connectivity index (χ1n) is 5.32. The van der Waals surface area contributed by atoms with Crippen molar-refractivity contribution in [1.29, 1.82) is 0 Å². The van der Waals surface area contributed by atoms with Crippen LogP contribution >= 0.6 is 0 Å². The van der Waals surface area contributed by atoms with Crippen LogP contribution in [0.2, 0.25) is 0 Å². The number of ether oxygens (including phenoxy) is 1. The van der Waals surface area contributed by atoms with Gasteiger partial charge < -0.3 is 14.9 Å². The van der Waals surface area contributed by atoms with Crippen LogP contribution in [0, 0.1) is 5.82 Å². The van der Waals surface area contributed by atoms with Gasteiger partial charge in [-0.05, 0) is 25.5 Å². The number of halogens is 1. The van der Waals surface area contributed by atoms with Crippen LogP contribution in [0.3, 0.4) is 0 Å². The first-order valence-corrected chi connectivity index (χ1v) is 5.32. The number of aliphatic carboxylic acids is 1. The Morgan fingerprint density at radius 2 is 2.18 bits per heavy atom. The molecule has 1 aromatic rings. The van der Waals surface area contributed by atoms with Crippen LogP contribution in [0.15, 0.2) is 18.2 Å². The second kappa shape index (κ2) is 5.63. The third-order valence-corrected chi connectivity index (χ3v) is 2.35. The number of benzene rings is 1. The summed E-state index contributed by atoms with van der Waals surface area (Å²) in [5, 5.41) is 18.0. The fourth-order valence-corrected chi connectivity index (χ4v) is 1.39. The zero-order valence-corrected chi connectivity index (χ0v) is 9.68. The van der Waals surface area contributed by atoms with Gasteiger partial charge >= 0.3 is 5.97 Å². The Kier molecular flexibility index (Phi) is 4.45. The molecule has 2 atom stereocenters. The normalized spacial score (nSPS) is 14.1. The summed E-state index contributed by atoms with van der Waals surface area (Å²) in [4.78, 5) is 10.7. The maximum Gasteiger partial charge on any atom is 0.344 e. The molecule has 0 aliphatic carbocycles. The minimum atomic E-state index is -1.09. The van der Waals surface area contributed by atoms with E-state index in [9.17, 15) is 14.3 Å². The number of hydrogen-bond acceptors (Lipinski definition) is 3. The molecular formula is C12H15FO4. The molecule has 0 radical (unpaired) electrons. The van der Waals surface area contributed by atoms with Gasteiger partial charge in [0.25, 0.3) is 0 Å². The molecule has 0 aliphatic heterocycles. The molecule has 4 nitrogen and oxygen atoms in total. The smallest absolute Gasteiger partial charge is 0.344 e. The van der Waals surface area contributed by atoms with E-state index in [2.05, 4.69) is 0 Å². The van der Waals surface area contributed by atoms with Gasteiger partial charge in [-0.25, -0.2) is 9.18 Å². The Morgan fingerprint density at radius 3 is 2.59 bits per heavy atom. The first-order chi connectivity index (χ1) is 7.95. The molecule has 0 saturated heterocycles. The second-order valence-electron chi connectivity index (χ2n) is 3.71. The SMILES string of the molecule is CCC(Oc1ccc([C@H](C)O)c(F)c1)C(=O)O. The van der Waals surface area contributed by atoms with Crippen LogP contribution in [-0.4, -0.2) is 22.3 Å². The van der Waals surface area contributed by atoms with Gasteiger partial charge in [-0.3, -0.25) is 0 Å². The van der Waals surface area contributed by atoms with E-state index in [1.54, 1.807) is 6.92 Å². The van der Waals surface area contributed by atoms with Gasteiger partial charge in [0.2, 0.25) is 0 Å². The van der Waals surface area contributed by atoms with Gasteiger partial charge in [0, 0.05) is 11.6 Å². The summed E-state index contributed by atoms with van der Waals surface area (Å²) in [7, 11) is 0. The van der Waals surface area contributed by atoms with Gasteiger partial charge in [-0.1, -0.05) is 6.92 Å². The molecule has 17 heavy (non-hydrogen) atoms. The summed E-state index contributed by atoms with van der Waals surface area (Å²) < 4.78 is 18.6. The Hall–Kier alpha value is -1.62. The van der Waals surface area contributed by atoms with Crippen molar-refractivity contribution >= 4 is 5.97 Å². The van der Waals surface area contributed by atoms with E-state index < -0.39 is 24.0 Å². The maximum atomic E-state index is 13.5. The average molecular weight is 242 g/mol. The molecule has 0 fully saturated rings. The first kappa shape index (κ1) is 13.4. The highest BCUT2D eigenvalue weighted by molar-refractivity contribution is 5.72. The quantitative estimate of drug-likeness (QED) is 0.830. The minimum Gasteiger partial charge on any atom is -0.479 e. The van der Waals surface area contributed by atoms with Crippen LogP contribution in [0.1, 0.15) is 31.9 Å². The van der Waals surface area contributed by atoms with Crippen LogP contribution in [0.4, 0.5) is 4.39 Å². The van der Waals surface area contributed by atoms with Crippen LogP contribution in [0.25, 0.3) is 0 Å². The highest BCUT2D eigenvalue weighted by atomic mass is 19.1. The fraction of sp³-hybridized carbons (Fsp3) is 0.417. The molecule has 2 N–H and O–H groups in total. The maximum absolute atomic E-state index is 13.5. The van der Waals surface area contributed by atoms with E-state index in [1.165, 1.54) is 19.1 Å². The molecule has 1 rings (SSSR count). The third-order valence-electron chi connectivity index (χ3n) is 2.35. The lowest BCUT2D eigenvalue weighted by atomic mass is 10.1. The molecule has 0 heterocycles. The zero-order valence-electron chi connectivity index (χ0n) is 9.68. The lowest BCUT2D eigenvalue weighted by molar-refractivity contribution is -0.145. The second-order valence-corrected chi connectivity index (χ2v) is 3.71. The van der Waals surface area contributed by atoms with Crippen molar-refractivity contribution in [1.82, 2.24) is 0 Å². The molecule has 1 unspecified atom stereocenters. The van der Waals surface area contributed by atoms with Crippen molar-refractivity contribution in [3.05, 3.63) is 29.6 Å². The fourth-order valence-electron chi connectivity index (χ4n) is 1.39. The number of carboxylic acid groups (broad SMARTS) is 1. The Morgan fingerprint density at radius 1 is 1.53 bits per heavy atom. The van der Waals surface area contributed by atoms with Crippen molar-refractivity contribution < 1.29 is 24.1 Å². The predicted octanol–water partition coefficient (Wildman–Crippen LogP) is 2.12. The summed E-state index contributed by atoms with van der Waals surface area (Å²) in [6, 6.07) is 3.90. The molecule has 1 aromatic carbocycles. The molecule has 0 aliphatic rings. The van der Waals surface area contributed by atoms with Crippen molar-refractivity contribution in [2.24, 2.45) is 0 Å². The number of aliphatic hydroxyl groups excluding tert-OH is 1. The van der Waals surface area contributed by atoms with E-state index in [0.29, 0.717) is 0 Å². The highest BCUT2D eigenvalue weighted by Crippen LogP contribution is 2.22. The highest BCUT2D eigenvalue weighted by Gasteiger charge is 2.17. The van der Waals surface area contributed by atoms with Crippen molar-refractivity contribution in [3.8, 4) is 5.75 Å². The van der Waals surface area contributed by atoms with Gasteiger partial charge in [-0.2, -0.15) is 0 Å². The summed E-state index contributed by atoms with van der Waals surface area (Å²) in [5.74, 6) is -1.56. The van der Waals surface area contributed by atoms with Crippen molar-refractivity contribution in [2.45, 2.75) is 32.5 Å². The number of rotatable bonds is 5. The lowest BCUT2D eigenvalue weighted by Gasteiger charge is -2.14. The van der Waals surface area contributed by atoms with Crippen LogP contribution in [0.5, 0.6) is 5.75 Å². The van der Waals surface area contributed by atoms with Crippen LogP contribution in [-0.2, 0) is 4.79 Å². The summed E-state index contributed by atoms with van der Waals surface area (Å²) in [6.45, 7) is 3.12. The van der Waals surface area contributed by atoms with E-state index in [1.807, 2.05) is 0 Å². The molecule has 0 aromatic heterocycles. The van der Waals surface area contributed by atoms with Crippen molar-refractivity contribution in [2.75, 3.05) is 0 Å². The molecule has 94 valence electrons. The van der Waals surface area contributed by atoms with E-state index in [4.69, 9.17) is 9.84 Å². The number of carbonyl (C=O) groups is 1. The number of aliphatic hydroxyl groups is 1.